The number of carbonyl (C=O) groups excluding carboxylic acids is 2. The van der Waals surface area contributed by atoms with E-state index in [2.05, 4.69) is 10.4 Å². The monoisotopic (exact) mass is 397 g/mol. The summed E-state index contributed by atoms with van der Waals surface area (Å²) in [6.45, 7) is 3.29. The molecule has 0 aliphatic carbocycles. The lowest BCUT2D eigenvalue weighted by Crippen LogP contribution is -2.32. The maximum atomic E-state index is 12.7. The summed E-state index contributed by atoms with van der Waals surface area (Å²) in [6.07, 6.45) is -0.240. The molecule has 0 atom stereocenters. The molecule has 3 rings (SSSR count). The van der Waals surface area contributed by atoms with Gasteiger partial charge in [-0.2, -0.15) is 5.10 Å². The molecule has 1 heterocycles. The molecule has 0 aliphatic heterocycles. The lowest BCUT2D eigenvalue weighted by atomic mass is 10.1. The fraction of sp³-hybridized carbons (Fsp3) is 0.190. The summed E-state index contributed by atoms with van der Waals surface area (Å²) < 4.78 is 6.60. The third-order valence-corrected chi connectivity index (χ3v) is 4.10. The van der Waals surface area contributed by atoms with Crippen molar-refractivity contribution in [3.05, 3.63) is 71.4 Å². The van der Waals surface area contributed by atoms with Crippen molar-refractivity contribution in [3.8, 4) is 16.9 Å². The molecule has 0 saturated heterocycles. The van der Waals surface area contributed by atoms with E-state index in [1.807, 2.05) is 42.5 Å². The van der Waals surface area contributed by atoms with Crippen LogP contribution in [0.1, 0.15) is 24.3 Å². The summed E-state index contributed by atoms with van der Waals surface area (Å²) in [5.74, 6) is -0.913. The SMILES string of the molecule is CC(C)OC(=O)CNC(=O)c1cc(-c2ccc(Cl)cc2)nn1-c1ccccc1. The van der Waals surface area contributed by atoms with Gasteiger partial charge in [0.15, 0.2) is 0 Å². The number of hydrogen-bond donors (Lipinski definition) is 1. The van der Waals surface area contributed by atoms with Crippen molar-refractivity contribution in [2.75, 3.05) is 6.54 Å². The Labute approximate surface area is 168 Å². The number of amides is 1. The first-order valence-corrected chi connectivity index (χ1v) is 9.21. The standard InChI is InChI=1S/C21H20ClN3O3/c1-14(2)28-20(26)13-23-21(27)19-12-18(15-8-10-16(22)11-9-15)24-25(19)17-6-4-3-5-7-17/h3-12,14H,13H2,1-2H3,(H,23,27). The normalized spacial score (nSPS) is 10.7. The molecule has 2 aromatic carbocycles. The maximum Gasteiger partial charge on any atom is 0.325 e. The van der Waals surface area contributed by atoms with Crippen LogP contribution >= 0.6 is 11.6 Å². The first-order valence-electron chi connectivity index (χ1n) is 8.83. The average molecular weight is 398 g/mol. The van der Waals surface area contributed by atoms with Crippen molar-refractivity contribution < 1.29 is 14.3 Å². The van der Waals surface area contributed by atoms with E-state index in [1.165, 1.54) is 0 Å². The molecule has 1 aromatic heterocycles. The molecule has 7 heteroatoms. The average Bonchev–Trinajstić information content (AvgIpc) is 3.12. The highest BCUT2D eigenvalue weighted by Gasteiger charge is 2.18. The molecule has 0 aliphatic rings. The van der Waals surface area contributed by atoms with Gasteiger partial charge in [-0.15, -0.1) is 0 Å². The fourth-order valence-corrected chi connectivity index (χ4v) is 2.74. The minimum Gasteiger partial charge on any atom is -0.462 e. The molecule has 28 heavy (non-hydrogen) atoms. The molecule has 1 N–H and O–H groups in total. The van der Waals surface area contributed by atoms with Crippen molar-refractivity contribution in [3.63, 3.8) is 0 Å². The molecule has 0 spiro atoms. The lowest BCUT2D eigenvalue weighted by Gasteiger charge is -2.10. The van der Waals surface area contributed by atoms with Crippen LogP contribution in [-0.2, 0) is 9.53 Å². The summed E-state index contributed by atoms with van der Waals surface area (Å²) in [6, 6.07) is 18.2. The molecule has 0 radical (unpaired) electrons. The molecule has 1 amide bonds. The van der Waals surface area contributed by atoms with Gasteiger partial charge in [0.25, 0.3) is 5.91 Å². The first kappa shape index (κ1) is 19.6. The highest BCUT2D eigenvalue weighted by atomic mass is 35.5. The molecule has 3 aromatic rings. The van der Waals surface area contributed by atoms with Crippen LogP contribution in [0.3, 0.4) is 0 Å². The lowest BCUT2D eigenvalue weighted by molar-refractivity contribution is -0.146. The molecule has 144 valence electrons. The maximum absolute atomic E-state index is 12.7. The van der Waals surface area contributed by atoms with Crippen LogP contribution in [0.2, 0.25) is 5.02 Å². The van der Waals surface area contributed by atoms with Crippen molar-refractivity contribution in [2.24, 2.45) is 0 Å². The molecule has 0 unspecified atom stereocenters. The van der Waals surface area contributed by atoms with Crippen molar-refractivity contribution >= 4 is 23.5 Å². The number of para-hydroxylation sites is 1. The highest BCUT2D eigenvalue weighted by molar-refractivity contribution is 6.30. The van der Waals surface area contributed by atoms with E-state index >= 15 is 0 Å². The van der Waals surface area contributed by atoms with Crippen LogP contribution in [0, 0.1) is 0 Å². The zero-order valence-corrected chi connectivity index (χ0v) is 16.3. The Hall–Kier alpha value is -3.12. The van der Waals surface area contributed by atoms with Gasteiger partial charge in [-0.1, -0.05) is 41.9 Å². The molecule has 0 bridgehead atoms. The minimum atomic E-state index is -0.493. The van der Waals surface area contributed by atoms with E-state index in [0.717, 1.165) is 11.3 Å². The predicted molar refractivity (Wildman–Crippen MR) is 108 cm³/mol. The van der Waals surface area contributed by atoms with Crippen molar-refractivity contribution in [2.45, 2.75) is 20.0 Å². The second-order valence-corrected chi connectivity index (χ2v) is 6.83. The number of aromatic nitrogens is 2. The van der Waals surface area contributed by atoms with Gasteiger partial charge in [0, 0.05) is 10.6 Å². The first-order chi connectivity index (χ1) is 13.4. The van der Waals surface area contributed by atoms with Crippen LogP contribution in [0.25, 0.3) is 16.9 Å². The Kier molecular flexibility index (Phi) is 6.11. The molecular weight excluding hydrogens is 378 g/mol. The van der Waals surface area contributed by atoms with Gasteiger partial charge in [0.1, 0.15) is 12.2 Å². The van der Waals surface area contributed by atoms with Gasteiger partial charge in [-0.05, 0) is 44.2 Å². The minimum absolute atomic E-state index is 0.215. The Morgan fingerprint density at radius 1 is 1.11 bits per heavy atom. The number of benzene rings is 2. The number of ether oxygens (including phenoxy) is 1. The third-order valence-electron chi connectivity index (χ3n) is 3.84. The van der Waals surface area contributed by atoms with Gasteiger partial charge in [-0.3, -0.25) is 9.59 Å². The van der Waals surface area contributed by atoms with Gasteiger partial charge < -0.3 is 10.1 Å². The summed E-state index contributed by atoms with van der Waals surface area (Å²) in [7, 11) is 0. The van der Waals surface area contributed by atoms with Crippen molar-refractivity contribution in [1.82, 2.24) is 15.1 Å². The quantitative estimate of drug-likeness (QED) is 0.641. The largest absolute Gasteiger partial charge is 0.462 e. The van der Waals surface area contributed by atoms with E-state index in [-0.39, 0.29) is 12.6 Å². The highest BCUT2D eigenvalue weighted by Crippen LogP contribution is 2.23. The van der Waals surface area contributed by atoms with E-state index in [0.29, 0.717) is 16.4 Å². The number of halogens is 1. The zero-order valence-electron chi connectivity index (χ0n) is 15.6. The van der Waals surface area contributed by atoms with E-state index in [9.17, 15) is 9.59 Å². The molecule has 0 fully saturated rings. The second kappa shape index (κ2) is 8.71. The third kappa shape index (κ3) is 4.78. The van der Waals surface area contributed by atoms with Crippen molar-refractivity contribution in [1.29, 1.82) is 0 Å². The number of rotatable bonds is 6. The van der Waals surface area contributed by atoms with E-state index < -0.39 is 11.9 Å². The van der Waals surface area contributed by atoms with Gasteiger partial charge >= 0.3 is 5.97 Å². The van der Waals surface area contributed by atoms with Gasteiger partial charge in [-0.25, -0.2) is 4.68 Å². The number of esters is 1. The summed E-state index contributed by atoms with van der Waals surface area (Å²) in [5.41, 5.74) is 2.49. The number of nitrogens with zero attached hydrogens (tertiary/aromatic N) is 2. The Bertz CT molecular complexity index is 966. The smallest absolute Gasteiger partial charge is 0.325 e. The zero-order chi connectivity index (χ0) is 20.1. The summed E-state index contributed by atoms with van der Waals surface area (Å²) in [5, 5.41) is 7.78. The van der Waals surface area contributed by atoms with Gasteiger partial charge in [0.05, 0.1) is 17.5 Å². The van der Waals surface area contributed by atoms with Crippen LogP contribution in [-0.4, -0.2) is 34.3 Å². The fourth-order valence-electron chi connectivity index (χ4n) is 2.62. The molecule has 0 saturated carbocycles. The predicted octanol–water partition coefficient (Wildman–Crippen LogP) is 3.87. The topological polar surface area (TPSA) is 73.2 Å². The Morgan fingerprint density at radius 3 is 2.43 bits per heavy atom. The molecular formula is C21H20ClN3O3. The van der Waals surface area contributed by atoms with E-state index in [4.69, 9.17) is 16.3 Å². The number of carbonyl (C=O) groups is 2. The van der Waals surface area contributed by atoms with Crippen LogP contribution in [0.5, 0.6) is 0 Å². The number of hydrogen-bond acceptors (Lipinski definition) is 4. The van der Waals surface area contributed by atoms with E-state index in [1.54, 1.807) is 36.7 Å². The summed E-state index contributed by atoms with van der Waals surface area (Å²) in [4.78, 5) is 24.5. The van der Waals surface area contributed by atoms with Crippen LogP contribution < -0.4 is 5.32 Å². The molecule has 6 nitrogen and oxygen atoms in total. The number of nitrogens with one attached hydrogen (secondary N) is 1. The van der Waals surface area contributed by atoms with Crippen LogP contribution in [0.4, 0.5) is 0 Å². The second-order valence-electron chi connectivity index (χ2n) is 6.39. The van der Waals surface area contributed by atoms with Crippen LogP contribution in [0.15, 0.2) is 60.7 Å². The Balaban J connectivity index is 1.91. The summed E-state index contributed by atoms with van der Waals surface area (Å²) >= 11 is 5.96. The Morgan fingerprint density at radius 2 is 1.79 bits per heavy atom. The van der Waals surface area contributed by atoms with Gasteiger partial charge in [0.2, 0.25) is 0 Å².